The van der Waals surface area contributed by atoms with Crippen molar-refractivity contribution in [2.24, 2.45) is 11.8 Å². The van der Waals surface area contributed by atoms with Gasteiger partial charge in [-0.25, -0.2) is 0 Å². The number of nitrogens with two attached hydrogens (primary N) is 1. The SMILES string of the molecule is NNC(Cc1ccc2ccccc2n1)C1CCCC1. The van der Waals surface area contributed by atoms with Crippen LogP contribution in [0.15, 0.2) is 36.4 Å². The van der Waals surface area contributed by atoms with Crippen LogP contribution in [0.3, 0.4) is 0 Å². The zero-order valence-electron chi connectivity index (χ0n) is 11.2. The summed E-state index contributed by atoms with van der Waals surface area (Å²) in [4.78, 5) is 4.74. The number of benzene rings is 1. The summed E-state index contributed by atoms with van der Waals surface area (Å²) in [5, 5.41) is 1.20. The van der Waals surface area contributed by atoms with E-state index in [0.717, 1.165) is 17.6 Å². The van der Waals surface area contributed by atoms with Gasteiger partial charge >= 0.3 is 0 Å². The molecule has 0 aliphatic heterocycles. The Morgan fingerprint density at radius 2 is 1.95 bits per heavy atom. The van der Waals surface area contributed by atoms with Gasteiger partial charge in [0.15, 0.2) is 0 Å². The predicted octanol–water partition coefficient (Wildman–Crippen LogP) is 2.80. The highest BCUT2D eigenvalue weighted by Gasteiger charge is 2.24. The van der Waals surface area contributed by atoms with Crippen molar-refractivity contribution in [1.29, 1.82) is 0 Å². The summed E-state index contributed by atoms with van der Waals surface area (Å²) >= 11 is 0. The molecule has 1 aromatic carbocycles. The Hall–Kier alpha value is -1.45. The highest BCUT2D eigenvalue weighted by molar-refractivity contribution is 5.78. The van der Waals surface area contributed by atoms with Crippen molar-refractivity contribution in [2.75, 3.05) is 0 Å². The molecule has 3 rings (SSSR count). The molecule has 1 unspecified atom stereocenters. The zero-order valence-corrected chi connectivity index (χ0v) is 11.2. The maximum atomic E-state index is 5.74. The third-order valence-electron chi connectivity index (χ3n) is 4.27. The molecule has 2 aromatic rings. The average Bonchev–Trinajstić information content (AvgIpc) is 2.98. The number of hydrogen-bond acceptors (Lipinski definition) is 3. The summed E-state index contributed by atoms with van der Waals surface area (Å²) in [5.41, 5.74) is 5.20. The molecule has 1 fully saturated rings. The summed E-state index contributed by atoms with van der Waals surface area (Å²) in [6, 6.07) is 12.9. The van der Waals surface area contributed by atoms with E-state index in [2.05, 4.69) is 29.7 Å². The average molecular weight is 255 g/mol. The highest BCUT2D eigenvalue weighted by Crippen LogP contribution is 2.28. The topological polar surface area (TPSA) is 50.9 Å². The van der Waals surface area contributed by atoms with Crippen LogP contribution in [0.4, 0.5) is 0 Å². The normalized spacial score (nSPS) is 17.9. The fourth-order valence-corrected chi connectivity index (χ4v) is 3.17. The van der Waals surface area contributed by atoms with E-state index >= 15 is 0 Å². The Morgan fingerprint density at radius 3 is 2.74 bits per heavy atom. The molecule has 1 heterocycles. The fraction of sp³-hybridized carbons (Fsp3) is 0.438. The summed E-state index contributed by atoms with van der Waals surface area (Å²) < 4.78 is 0. The number of nitrogens with one attached hydrogen (secondary N) is 1. The first-order valence-electron chi connectivity index (χ1n) is 7.17. The second kappa shape index (κ2) is 5.68. The second-order valence-corrected chi connectivity index (χ2v) is 5.52. The van der Waals surface area contributed by atoms with E-state index in [1.807, 2.05) is 12.1 Å². The molecule has 1 atom stereocenters. The van der Waals surface area contributed by atoms with Crippen molar-refractivity contribution in [3.05, 3.63) is 42.1 Å². The molecule has 3 nitrogen and oxygen atoms in total. The molecule has 1 aliphatic rings. The molecular weight excluding hydrogens is 234 g/mol. The van der Waals surface area contributed by atoms with E-state index in [0.29, 0.717) is 12.0 Å². The quantitative estimate of drug-likeness (QED) is 0.652. The van der Waals surface area contributed by atoms with Crippen molar-refractivity contribution in [2.45, 2.75) is 38.1 Å². The van der Waals surface area contributed by atoms with Crippen LogP contribution >= 0.6 is 0 Å². The summed E-state index contributed by atoms with van der Waals surface area (Å²) in [7, 11) is 0. The molecule has 0 bridgehead atoms. The highest BCUT2D eigenvalue weighted by atomic mass is 15.2. The summed E-state index contributed by atoms with van der Waals surface area (Å²) in [5.74, 6) is 6.44. The van der Waals surface area contributed by atoms with Gasteiger partial charge in [-0.05, 0) is 30.9 Å². The molecule has 0 spiro atoms. The van der Waals surface area contributed by atoms with Crippen LogP contribution in [0.2, 0.25) is 0 Å². The van der Waals surface area contributed by atoms with E-state index in [4.69, 9.17) is 10.8 Å². The Balaban J connectivity index is 1.79. The first-order valence-corrected chi connectivity index (χ1v) is 7.17. The summed E-state index contributed by atoms with van der Waals surface area (Å²) in [6.45, 7) is 0. The van der Waals surface area contributed by atoms with E-state index in [9.17, 15) is 0 Å². The molecule has 0 amide bonds. The van der Waals surface area contributed by atoms with Gasteiger partial charge < -0.3 is 0 Å². The monoisotopic (exact) mass is 255 g/mol. The lowest BCUT2D eigenvalue weighted by atomic mass is 9.94. The maximum absolute atomic E-state index is 5.74. The minimum absolute atomic E-state index is 0.358. The standard InChI is InChI=1S/C16H21N3/c17-19-16(12-5-1-2-6-12)11-14-10-9-13-7-3-4-8-15(13)18-14/h3-4,7-10,12,16,19H,1-2,5-6,11,17H2. The number of para-hydroxylation sites is 1. The Morgan fingerprint density at radius 1 is 1.16 bits per heavy atom. The number of nitrogens with zero attached hydrogens (tertiary/aromatic N) is 1. The van der Waals surface area contributed by atoms with Crippen LogP contribution in [0.25, 0.3) is 10.9 Å². The van der Waals surface area contributed by atoms with Gasteiger partial charge in [0, 0.05) is 23.5 Å². The van der Waals surface area contributed by atoms with E-state index in [1.165, 1.54) is 31.1 Å². The number of rotatable bonds is 4. The first kappa shape index (κ1) is 12.6. The lowest BCUT2D eigenvalue weighted by Crippen LogP contribution is -2.41. The zero-order chi connectivity index (χ0) is 13.1. The molecule has 0 saturated heterocycles. The number of aromatic nitrogens is 1. The largest absolute Gasteiger partial charge is 0.271 e. The molecule has 100 valence electrons. The van der Waals surface area contributed by atoms with Crippen molar-refractivity contribution in [3.63, 3.8) is 0 Å². The van der Waals surface area contributed by atoms with Crippen LogP contribution in [-0.2, 0) is 6.42 Å². The first-order chi connectivity index (χ1) is 9.36. The number of hydrazine groups is 1. The van der Waals surface area contributed by atoms with Gasteiger partial charge in [0.1, 0.15) is 0 Å². The lowest BCUT2D eigenvalue weighted by Gasteiger charge is -2.22. The second-order valence-electron chi connectivity index (χ2n) is 5.52. The molecule has 1 aliphatic carbocycles. The van der Waals surface area contributed by atoms with E-state index in [-0.39, 0.29) is 0 Å². The number of fused-ring (bicyclic) bond motifs is 1. The smallest absolute Gasteiger partial charge is 0.0705 e. The summed E-state index contributed by atoms with van der Waals surface area (Å²) in [6.07, 6.45) is 6.19. The van der Waals surface area contributed by atoms with E-state index in [1.54, 1.807) is 0 Å². The number of hydrogen-bond donors (Lipinski definition) is 2. The minimum Gasteiger partial charge on any atom is -0.271 e. The lowest BCUT2D eigenvalue weighted by molar-refractivity contribution is 0.359. The predicted molar refractivity (Wildman–Crippen MR) is 78.5 cm³/mol. The van der Waals surface area contributed by atoms with Crippen LogP contribution < -0.4 is 11.3 Å². The van der Waals surface area contributed by atoms with Gasteiger partial charge in [0.2, 0.25) is 0 Å². The van der Waals surface area contributed by atoms with Crippen LogP contribution in [0, 0.1) is 5.92 Å². The maximum Gasteiger partial charge on any atom is 0.0705 e. The van der Waals surface area contributed by atoms with E-state index < -0.39 is 0 Å². The van der Waals surface area contributed by atoms with Crippen LogP contribution in [0.1, 0.15) is 31.4 Å². The van der Waals surface area contributed by atoms with Crippen molar-refractivity contribution >= 4 is 10.9 Å². The number of pyridine rings is 1. The van der Waals surface area contributed by atoms with Crippen molar-refractivity contribution < 1.29 is 0 Å². The fourth-order valence-electron chi connectivity index (χ4n) is 3.17. The van der Waals surface area contributed by atoms with Gasteiger partial charge in [-0.2, -0.15) is 0 Å². The van der Waals surface area contributed by atoms with Gasteiger partial charge in [-0.3, -0.25) is 16.3 Å². The van der Waals surface area contributed by atoms with Gasteiger partial charge in [0.25, 0.3) is 0 Å². The van der Waals surface area contributed by atoms with Gasteiger partial charge in [-0.1, -0.05) is 37.1 Å². The van der Waals surface area contributed by atoms with Gasteiger partial charge in [0.05, 0.1) is 5.52 Å². The molecule has 1 saturated carbocycles. The van der Waals surface area contributed by atoms with Crippen molar-refractivity contribution in [3.8, 4) is 0 Å². The molecule has 0 radical (unpaired) electrons. The molecule has 19 heavy (non-hydrogen) atoms. The third kappa shape index (κ3) is 2.77. The Bertz CT molecular complexity index is 546. The Kier molecular flexibility index (Phi) is 3.76. The third-order valence-corrected chi connectivity index (χ3v) is 4.27. The van der Waals surface area contributed by atoms with Gasteiger partial charge in [-0.15, -0.1) is 0 Å². The molecule has 3 N–H and O–H groups in total. The molecular formula is C16H21N3. The van der Waals surface area contributed by atoms with Crippen molar-refractivity contribution in [1.82, 2.24) is 10.4 Å². The Labute approximate surface area is 114 Å². The van der Waals surface area contributed by atoms with Crippen LogP contribution in [-0.4, -0.2) is 11.0 Å². The van der Waals surface area contributed by atoms with Crippen LogP contribution in [0.5, 0.6) is 0 Å². The molecule has 3 heteroatoms. The minimum atomic E-state index is 0.358. The molecule has 1 aromatic heterocycles.